The van der Waals surface area contributed by atoms with E-state index in [0.717, 1.165) is 34.4 Å². The predicted molar refractivity (Wildman–Crippen MR) is 144 cm³/mol. The summed E-state index contributed by atoms with van der Waals surface area (Å²) in [6, 6.07) is 37.7. The second-order valence-electron chi connectivity index (χ2n) is 8.70. The largest absolute Gasteiger partial charge is 0.311 e. The molecule has 0 radical (unpaired) electrons. The van der Waals surface area contributed by atoms with Gasteiger partial charge in [0.1, 0.15) is 0 Å². The zero-order chi connectivity index (χ0) is 23.6. The summed E-state index contributed by atoms with van der Waals surface area (Å²) in [7, 11) is 1.99. The number of aliphatic imine (C=N–C) groups is 1. The standard InChI is InChI=1S/C30H25N5/c1-34-28-15-9-8-14-26(28)32-30(34)31-21-22-16-18-25(19-17-22)35-29(24-12-6-3-7-13-24)20-27(33-35)23-10-4-2-5-11-23/h2-19,21,29H,20H2,1H3/t29-/m1/s1. The lowest BCUT2D eigenvalue weighted by molar-refractivity contribution is 0.709. The van der Waals surface area contributed by atoms with Gasteiger partial charge in [-0.3, -0.25) is 5.01 Å². The van der Waals surface area contributed by atoms with Gasteiger partial charge in [-0.2, -0.15) is 5.10 Å². The summed E-state index contributed by atoms with van der Waals surface area (Å²) in [6.07, 6.45) is 2.73. The van der Waals surface area contributed by atoms with Gasteiger partial charge >= 0.3 is 0 Å². The summed E-state index contributed by atoms with van der Waals surface area (Å²) in [5.74, 6) is 0.691. The molecular formula is C30H25N5. The fourth-order valence-corrected chi connectivity index (χ4v) is 4.58. The molecule has 5 nitrogen and oxygen atoms in total. The Morgan fingerprint density at radius 2 is 1.49 bits per heavy atom. The van der Waals surface area contributed by atoms with Crippen LogP contribution in [0.15, 0.2) is 119 Å². The summed E-state index contributed by atoms with van der Waals surface area (Å²) < 4.78 is 2.01. The van der Waals surface area contributed by atoms with Crippen LogP contribution in [0.25, 0.3) is 11.0 Å². The number of hydrogen-bond acceptors (Lipinski definition) is 4. The lowest BCUT2D eigenvalue weighted by Gasteiger charge is -2.24. The van der Waals surface area contributed by atoms with Gasteiger partial charge in [0.2, 0.25) is 5.95 Å². The van der Waals surface area contributed by atoms with Crippen molar-refractivity contribution in [2.45, 2.75) is 12.5 Å². The summed E-state index contributed by atoms with van der Waals surface area (Å²) >= 11 is 0. The van der Waals surface area contributed by atoms with Gasteiger partial charge in [-0.05, 0) is 41.0 Å². The third-order valence-electron chi connectivity index (χ3n) is 6.45. The Balaban J connectivity index is 1.29. The topological polar surface area (TPSA) is 45.8 Å². The zero-order valence-corrected chi connectivity index (χ0v) is 19.5. The van der Waals surface area contributed by atoms with E-state index in [1.165, 1.54) is 11.1 Å². The summed E-state index contributed by atoms with van der Waals surface area (Å²) in [5, 5.41) is 7.19. The Labute approximate surface area is 204 Å². The molecule has 2 heterocycles. The molecule has 35 heavy (non-hydrogen) atoms. The number of fused-ring (bicyclic) bond motifs is 1. The molecule has 5 heteroatoms. The van der Waals surface area contributed by atoms with Gasteiger partial charge < -0.3 is 4.57 Å². The number of rotatable bonds is 5. The Morgan fingerprint density at radius 3 is 2.23 bits per heavy atom. The highest BCUT2D eigenvalue weighted by atomic mass is 15.5. The zero-order valence-electron chi connectivity index (χ0n) is 19.5. The van der Waals surface area contributed by atoms with E-state index in [0.29, 0.717) is 5.95 Å². The first kappa shape index (κ1) is 21.1. The van der Waals surface area contributed by atoms with Crippen molar-refractivity contribution in [1.82, 2.24) is 9.55 Å². The van der Waals surface area contributed by atoms with Crippen molar-refractivity contribution in [3.05, 3.63) is 126 Å². The quantitative estimate of drug-likeness (QED) is 0.278. The number of anilines is 1. The lowest BCUT2D eigenvalue weighted by Crippen LogP contribution is -2.18. The van der Waals surface area contributed by atoms with Crippen molar-refractivity contribution in [3.8, 4) is 0 Å². The Hall–Kier alpha value is -4.51. The molecule has 6 rings (SSSR count). The summed E-state index contributed by atoms with van der Waals surface area (Å²) in [4.78, 5) is 9.27. The molecule has 0 amide bonds. The molecular weight excluding hydrogens is 430 g/mol. The molecule has 0 fully saturated rings. The molecule has 0 saturated carbocycles. The van der Waals surface area contributed by atoms with Crippen LogP contribution in [-0.2, 0) is 7.05 Å². The highest BCUT2D eigenvalue weighted by Crippen LogP contribution is 2.36. The van der Waals surface area contributed by atoms with E-state index in [1.54, 1.807) is 0 Å². The van der Waals surface area contributed by atoms with Gasteiger partial charge in [0.15, 0.2) is 0 Å². The van der Waals surface area contributed by atoms with Gasteiger partial charge in [0.25, 0.3) is 0 Å². The van der Waals surface area contributed by atoms with Crippen LogP contribution >= 0.6 is 0 Å². The molecule has 0 unspecified atom stereocenters. The number of para-hydroxylation sites is 2. The summed E-state index contributed by atoms with van der Waals surface area (Å²) in [6.45, 7) is 0. The maximum Gasteiger partial charge on any atom is 0.230 e. The van der Waals surface area contributed by atoms with Crippen molar-refractivity contribution in [3.63, 3.8) is 0 Å². The van der Waals surface area contributed by atoms with E-state index in [1.807, 2.05) is 42.1 Å². The van der Waals surface area contributed by atoms with E-state index in [-0.39, 0.29) is 6.04 Å². The molecule has 170 valence electrons. The van der Waals surface area contributed by atoms with Crippen LogP contribution in [0.1, 0.15) is 29.2 Å². The van der Waals surface area contributed by atoms with Crippen molar-refractivity contribution in [1.29, 1.82) is 0 Å². The first-order valence-corrected chi connectivity index (χ1v) is 11.8. The fraction of sp³-hybridized carbons (Fsp3) is 0.100. The molecule has 0 N–H and O–H groups in total. The SMILES string of the molecule is Cn1c(N=Cc2ccc(N3N=C(c4ccccc4)C[C@@H]3c3ccccc3)cc2)nc2ccccc21. The molecule has 0 spiro atoms. The average Bonchev–Trinajstić information content (AvgIpc) is 3.51. The van der Waals surface area contributed by atoms with Crippen LogP contribution < -0.4 is 5.01 Å². The number of hydrazone groups is 1. The monoisotopic (exact) mass is 455 g/mol. The fourth-order valence-electron chi connectivity index (χ4n) is 4.58. The third-order valence-corrected chi connectivity index (χ3v) is 6.45. The highest BCUT2D eigenvalue weighted by molar-refractivity contribution is 6.03. The number of hydrogen-bond donors (Lipinski definition) is 0. The normalized spacial score (nSPS) is 15.7. The van der Waals surface area contributed by atoms with Crippen LogP contribution in [0.2, 0.25) is 0 Å². The maximum atomic E-state index is 5.05. The van der Waals surface area contributed by atoms with E-state index in [9.17, 15) is 0 Å². The van der Waals surface area contributed by atoms with E-state index < -0.39 is 0 Å². The Kier molecular flexibility index (Phi) is 5.43. The van der Waals surface area contributed by atoms with Gasteiger partial charge in [-0.15, -0.1) is 0 Å². The molecule has 4 aromatic carbocycles. The van der Waals surface area contributed by atoms with Crippen molar-refractivity contribution in [2.75, 3.05) is 5.01 Å². The molecule has 0 bridgehead atoms. The molecule has 1 aliphatic heterocycles. The van der Waals surface area contributed by atoms with Crippen LogP contribution in [0.4, 0.5) is 11.6 Å². The number of aryl methyl sites for hydroxylation is 1. The number of aromatic nitrogens is 2. The first-order chi connectivity index (χ1) is 17.3. The van der Waals surface area contributed by atoms with Crippen LogP contribution in [-0.4, -0.2) is 21.5 Å². The van der Waals surface area contributed by atoms with E-state index in [4.69, 9.17) is 5.10 Å². The Morgan fingerprint density at radius 1 is 0.800 bits per heavy atom. The summed E-state index contributed by atoms with van der Waals surface area (Å²) in [5.41, 5.74) is 7.63. The van der Waals surface area contributed by atoms with Gasteiger partial charge in [-0.25, -0.2) is 9.98 Å². The molecule has 1 aliphatic rings. The minimum absolute atomic E-state index is 0.158. The number of imidazole rings is 1. The predicted octanol–water partition coefficient (Wildman–Crippen LogP) is 6.68. The van der Waals surface area contributed by atoms with Crippen LogP contribution in [0.5, 0.6) is 0 Å². The molecule has 1 atom stereocenters. The first-order valence-electron chi connectivity index (χ1n) is 11.8. The van der Waals surface area contributed by atoms with Gasteiger partial charge in [0, 0.05) is 19.7 Å². The van der Waals surface area contributed by atoms with E-state index in [2.05, 4.69) is 99.9 Å². The second-order valence-corrected chi connectivity index (χ2v) is 8.70. The molecule has 5 aromatic rings. The van der Waals surface area contributed by atoms with Crippen LogP contribution in [0.3, 0.4) is 0 Å². The molecule has 0 saturated heterocycles. The van der Waals surface area contributed by atoms with E-state index >= 15 is 0 Å². The van der Waals surface area contributed by atoms with Crippen molar-refractivity contribution >= 4 is 34.6 Å². The minimum atomic E-state index is 0.158. The average molecular weight is 456 g/mol. The molecule has 0 aliphatic carbocycles. The Bertz CT molecular complexity index is 1520. The van der Waals surface area contributed by atoms with Gasteiger partial charge in [0.05, 0.1) is 28.5 Å². The third kappa shape index (κ3) is 4.13. The number of nitrogens with zero attached hydrogens (tertiary/aromatic N) is 5. The molecule has 1 aromatic heterocycles. The van der Waals surface area contributed by atoms with Crippen molar-refractivity contribution in [2.24, 2.45) is 17.1 Å². The van der Waals surface area contributed by atoms with Gasteiger partial charge in [-0.1, -0.05) is 84.9 Å². The minimum Gasteiger partial charge on any atom is -0.311 e. The smallest absolute Gasteiger partial charge is 0.230 e. The second kappa shape index (κ2) is 9.03. The highest BCUT2D eigenvalue weighted by Gasteiger charge is 2.29. The number of benzene rings is 4. The maximum absolute atomic E-state index is 5.05. The lowest BCUT2D eigenvalue weighted by atomic mass is 9.98. The van der Waals surface area contributed by atoms with Crippen molar-refractivity contribution < 1.29 is 0 Å². The van der Waals surface area contributed by atoms with Crippen LogP contribution in [0, 0.1) is 0 Å².